The van der Waals surface area contributed by atoms with Crippen LogP contribution in [0.2, 0.25) is 0 Å². The monoisotopic (exact) mass is 750 g/mol. The number of nitrogens with one attached hydrogen (secondary N) is 5. The second-order valence-electron chi connectivity index (χ2n) is 13.8. The Bertz CT molecular complexity index is 1690. The van der Waals surface area contributed by atoms with Gasteiger partial charge >= 0.3 is 5.97 Å². The van der Waals surface area contributed by atoms with Gasteiger partial charge in [-0.3, -0.25) is 33.6 Å². The van der Waals surface area contributed by atoms with Crippen molar-refractivity contribution in [1.82, 2.24) is 26.6 Å². The van der Waals surface area contributed by atoms with Crippen LogP contribution in [0.4, 0.5) is 0 Å². The number of nitrogens with two attached hydrogens (primary N) is 1. The second kappa shape index (κ2) is 20.4. The first kappa shape index (κ1) is 42.6. The fourth-order valence-corrected chi connectivity index (χ4v) is 6.41. The molecule has 1 fully saturated rings. The third-order valence-corrected chi connectivity index (χ3v) is 9.10. The molecule has 0 aromatic heterocycles. The lowest BCUT2D eigenvalue weighted by molar-refractivity contribution is -0.141. The molecule has 16 heteroatoms. The summed E-state index contributed by atoms with van der Waals surface area (Å²) in [4.78, 5) is 104. The Morgan fingerprint density at radius 1 is 0.815 bits per heavy atom. The van der Waals surface area contributed by atoms with Crippen LogP contribution in [0.1, 0.15) is 104 Å². The molecule has 0 heterocycles. The van der Waals surface area contributed by atoms with Gasteiger partial charge in [-0.05, 0) is 55.2 Å². The van der Waals surface area contributed by atoms with E-state index < -0.39 is 89.2 Å². The lowest BCUT2D eigenvalue weighted by atomic mass is 9.83. The smallest absolute Gasteiger partial charge is 0.340 e. The molecule has 0 bridgehead atoms. The van der Waals surface area contributed by atoms with E-state index in [0.29, 0.717) is 24.8 Å². The van der Waals surface area contributed by atoms with Gasteiger partial charge in [0.05, 0.1) is 18.2 Å². The molecule has 2 aromatic rings. The van der Waals surface area contributed by atoms with Crippen LogP contribution in [0.3, 0.4) is 0 Å². The predicted octanol–water partition coefficient (Wildman–Crippen LogP) is 1.61. The second-order valence-corrected chi connectivity index (χ2v) is 13.8. The van der Waals surface area contributed by atoms with Crippen molar-refractivity contribution >= 4 is 47.2 Å². The van der Waals surface area contributed by atoms with Gasteiger partial charge in [-0.2, -0.15) is 0 Å². The summed E-state index contributed by atoms with van der Waals surface area (Å²) >= 11 is 0. The fourth-order valence-electron chi connectivity index (χ4n) is 6.41. The highest BCUT2D eigenvalue weighted by molar-refractivity contribution is 6.38. The minimum absolute atomic E-state index is 0.0564. The molecule has 1 aliphatic rings. The number of carbonyl (C=O) groups excluding carboxylic acids is 7. The standard InChI is InChI=1S/C38H50N6O10/c1-4-12-25(32(47)37(52)40-20-28(46)43-30(33(39)48)22-13-7-5-8-14-22)41-35(50)26(19-21(2)3)42-36(51)31(23-15-9-6-10-16-23)44-34(49)24-17-11-18-27(45)29(24)38(53)54/h5,7-8,11,13-14,17-18,21,23,25-26,30-31,45H,4,6,9-10,12,15-16,19-20H2,1-3H3,(H2,39,48)(H,40,52)(H,41,50)(H,42,51)(H,43,46)(H,44,49)(H,53,54)/t25?,26-,30?,31-/m0/s1. The Balaban J connectivity index is 1.74. The maximum Gasteiger partial charge on any atom is 0.340 e. The van der Waals surface area contributed by atoms with E-state index in [1.165, 1.54) is 12.1 Å². The Morgan fingerprint density at radius 3 is 2.06 bits per heavy atom. The van der Waals surface area contributed by atoms with E-state index in [1.54, 1.807) is 37.3 Å². The molecule has 0 aliphatic heterocycles. The number of hydrogen-bond donors (Lipinski definition) is 8. The van der Waals surface area contributed by atoms with Gasteiger partial charge in [0.25, 0.3) is 11.8 Å². The van der Waals surface area contributed by atoms with Crippen LogP contribution < -0.4 is 32.3 Å². The van der Waals surface area contributed by atoms with E-state index >= 15 is 0 Å². The molecule has 292 valence electrons. The van der Waals surface area contributed by atoms with Crippen molar-refractivity contribution in [3.05, 3.63) is 65.2 Å². The molecule has 54 heavy (non-hydrogen) atoms. The normalized spacial score (nSPS) is 15.1. The molecule has 0 spiro atoms. The van der Waals surface area contributed by atoms with E-state index in [4.69, 9.17) is 5.73 Å². The minimum Gasteiger partial charge on any atom is -0.507 e. The Hall–Kier alpha value is -5.80. The number of carboxylic acids is 1. The highest BCUT2D eigenvalue weighted by atomic mass is 16.4. The summed E-state index contributed by atoms with van der Waals surface area (Å²) in [7, 11) is 0. The first-order chi connectivity index (χ1) is 25.6. The molecule has 2 aromatic carbocycles. The summed E-state index contributed by atoms with van der Waals surface area (Å²) in [6.45, 7) is 4.70. The average Bonchev–Trinajstić information content (AvgIpc) is 3.14. The summed E-state index contributed by atoms with van der Waals surface area (Å²) in [5.41, 5.74) is 4.90. The van der Waals surface area contributed by atoms with E-state index in [2.05, 4.69) is 26.6 Å². The van der Waals surface area contributed by atoms with Gasteiger partial charge in [-0.25, -0.2) is 4.79 Å². The molecular weight excluding hydrogens is 700 g/mol. The zero-order valence-corrected chi connectivity index (χ0v) is 30.7. The van der Waals surface area contributed by atoms with Gasteiger partial charge in [0, 0.05) is 0 Å². The first-order valence-corrected chi connectivity index (χ1v) is 18.1. The number of ketones is 1. The summed E-state index contributed by atoms with van der Waals surface area (Å²) < 4.78 is 0. The van der Waals surface area contributed by atoms with E-state index in [1.807, 2.05) is 13.8 Å². The Labute approximate surface area is 313 Å². The molecule has 0 radical (unpaired) electrons. The van der Waals surface area contributed by atoms with Crippen LogP contribution in [0, 0.1) is 11.8 Å². The molecule has 3 rings (SSSR count). The average molecular weight is 751 g/mol. The number of amides is 6. The molecule has 4 atom stereocenters. The Kier molecular flexibility index (Phi) is 16.1. The molecule has 9 N–H and O–H groups in total. The topological polar surface area (TPSA) is 263 Å². The van der Waals surface area contributed by atoms with E-state index in [9.17, 15) is 48.6 Å². The number of phenols is 1. The largest absolute Gasteiger partial charge is 0.507 e. The van der Waals surface area contributed by atoms with Crippen LogP contribution >= 0.6 is 0 Å². The summed E-state index contributed by atoms with van der Waals surface area (Å²) in [6, 6.07) is 7.02. The highest BCUT2D eigenvalue weighted by Gasteiger charge is 2.36. The SMILES string of the molecule is CCCC(NC(=O)[C@H](CC(C)C)NC(=O)[C@@H](NC(=O)c1cccc(O)c1C(=O)O)C1CCCCC1)C(=O)C(=O)NCC(=O)NC(C(N)=O)c1ccccc1. The molecular formula is C38H50N6O10. The number of aromatic carboxylic acids is 1. The summed E-state index contributed by atoms with van der Waals surface area (Å²) in [5.74, 6) is -8.76. The molecule has 1 saturated carbocycles. The maximum atomic E-state index is 13.9. The number of Topliss-reactive ketones (excluding diaryl/α,β-unsaturated/α-hetero) is 1. The van der Waals surface area contributed by atoms with Crippen molar-refractivity contribution in [1.29, 1.82) is 0 Å². The van der Waals surface area contributed by atoms with E-state index in [0.717, 1.165) is 25.3 Å². The van der Waals surface area contributed by atoms with Crippen molar-refractivity contribution in [3.63, 3.8) is 0 Å². The molecule has 6 amide bonds. The van der Waals surface area contributed by atoms with Crippen molar-refractivity contribution in [2.75, 3.05) is 6.54 Å². The van der Waals surface area contributed by atoms with Crippen molar-refractivity contribution < 1.29 is 48.6 Å². The van der Waals surface area contributed by atoms with Crippen LogP contribution in [-0.2, 0) is 28.8 Å². The number of rotatable bonds is 19. The summed E-state index contributed by atoms with van der Waals surface area (Å²) in [6.07, 6.45) is 4.24. The molecule has 16 nitrogen and oxygen atoms in total. The van der Waals surface area contributed by atoms with Crippen LogP contribution in [0.5, 0.6) is 5.75 Å². The molecule has 0 saturated heterocycles. The number of primary amides is 1. The van der Waals surface area contributed by atoms with Gasteiger partial charge < -0.3 is 42.5 Å². The number of benzene rings is 2. The third kappa shape index (κ3) is 12.1. The molecule has 1 aliphatic carbocycles. The fraction of sp³-hybridized carbons (Fsp3) is 0.474. The summed E-state index contributed by atoms with van der Waals surface area (Å²) in [5, 5.41) is 32.3. The lowest BCUT2D eigenvalue weighted by Crippen LogP contribution is -2.58. The van der Waals surface area contributed by atoms with Gasteiger partial charge in [0.2, 0.25) is 29.4 Å². The third-order valence-electron chi connectivity index (χ3n) is 9.10. The first-order valence-electron chi connectivity index (χ1n) is 18.1. The lowest BCUT2D eigenvalue weighted by Gasteiger charge is -2.32. The zero-order valence-electron chi connectivity index (χ0n) is 30.7. The highest BCUT2D eigenvalue weighted by Crippen LogP contribution is 2.28. The quantitative estimate of drug-likeness (QED) is 0.0962. The number of carbonyl (C=O) groups is 8. The van der Waals surface area contributed by atoms with Gasteiger partial charge in [0.15, 0.2) is 0 Å². The van der Waals surface area contributed by atoms with Crippen molar-refractivity contribution in [2.45, 2.75) is 96.3 Å². The van der Waals surface area contributed by atoms with Crippen LogP contribution in [0.15, 0.2) is 48.5 Å². The predicted molar refractivity (Wildman–Crippen MR) is 196 cm³/mol. The maximum absolute atomic E-state index is 13.9. The number of hydrogen-bond acceptors (Lipinski definition) is 9. The Morgan fingerprint density at radius 2 is 1.46 bits per heavy atom. The van der Waals surface area contributed by atoms with Gasteiger partial charge in [0.1, 0.15) is 29.4 Å². The van der Waals surface area contributed by atoms with Gasteiger partial charge in [-0.15, -0.1) is 0 Å². The number of carboxylic acid groups (broad SMARTS) is 1. The van der Waals surface area contributed by atoms with Crippen molar-refractivity contribution in [3.8, 4) is 5.75 Å². The molecule has 2 unspecified atom stereocenters. The van der Waals surface area contributed by atoms with E-state index in [-0.39, 0.29) is 30.2 Å². The minimum atomic E-state index is -1.53. The van der Waals surface area contributed by atoms with Gasteiger partial charge in [-0.1, -0.05) is 82.9 Å². The van der Waals surface area contributed by atoms with Crippen LogP contribution in [0.25, 0.3) is 0 Å². The van der Waals surface area contributed by atoms with Crippen molar-refractivity contribution in [2.24, 2.45) is 17.6 Å². The number of aromatic hydroxyl groups is 1. The zero-order chi connectivity index (χ0) is 39.9. The van der Waals surface area contributed by atoms with Crippen LogP contribution in [-0.4, -0.2) is 82.1 Å².